The predicted octanol–water partition coefficient (Wildman–Crippen LogP) is 2.22. The van der Waals surface area contributed by atoms with Crippen molar-refractivity contribution in [2.75, 3.05) is 11.9 Å². The van der Waals surface area contributed by atoms with Crippen molar-refractivity contribution in [2.24, 2.45) is 5.92 Å². The molecule has 20 heavy (non-hydrogen) atoms. The van der Waals surface area contributed by atoms with E-state index < -0.39 is 10.9 Å². The summed E-state index contributed by atoms with van der Waals surface area (Å²) in [5.74, 6) is -0.619. The fourth-order valence-corrected chi connectivity index (χ4v) is 2.52. The summed E-state index contributed by atoms with van der Waals surface area (Å²) >= 11 is 1.32. The van der Waals surface area contributed by atoms with Crippen molar-refractivity contribution >= 4 is 33.9 Å². The van der Waals surface area contributed by atoms with Crippen molar-refractivity contribution in [3.8, 4) is 0 Å². The van der Waals surface area contributed by atoms with E-state index in [-0.39, 0.29) is 24.0 Å². The molecule has 0 aliphatic carbocycles. The maximum absolute atomic E-state index is 11.1. The number of fused-ring (bicyclic) bond motifs is 1. The van der Waals surface area contributed by atoms with Crippen molar-refractivity contribution in [1.29, 1.82) is 0 Å². The molecule has 9 heteroatoms. The summed E-state index contributed by atoms with van der Waals surface area (Å²) < 4.78 is 1.43. The van der Waals surface area contributed by atoms with E-state index in [1.807, 2.05) is 6.92 Å². The highest BCUT2D eigenvalue weighted by Gasteiger charge is 2.23. The number of imidazole rings is 1. The summed E-state index contributed by atoms with van der Waals surface area (Å²) in [6, 6.07) is 0. The van der Waals surface area contributed by atoms with Gasteiger partial charge in [-0.05, 0) is 17.3 Å². The summed E-state index contributed by atoms with van der Waals surface area (Å²) in [5, 5.41) is 24.4. The predicted molar refractivity (Wildman–Crippen MR) is 74.2 cm³/mol. The van der Waals surface area contributed by atoms with Gasteiger partial charge < -0.3 is 20.5 Å². The summed E-state index contributed by atoms with van der Waals surface area (Å²) in [6.07, 6.45) is 2.20. The maximum Gasteiger partial charge on any atom is 0.372 e. The van der Waals surface area contributed by atoms with E-state index in [9.17, 15) is 14.9 Å². The summed E-state index contributed by atoms with van der Waals surface area (Å²) in [5.41, 5.74) is 0. The second-order valence-electron chi connectivity index (χ2n) is 4.52. The summed E-state index contributed by atoms with van der Waals surface area (Å²) in [4.78, 5) is 25.8. The number of carboxylic acids is 1. The van der Waals surface area contributed by atoms with Crippen LogP contribution in [0, 0.1) is 16.0 Å². The number of nitrogens with one attached hydrogen (secondary N) is 1. The van der Waals surface area contributed by atoms with Crippen molar-refractivity contribution in [3.63, 3.8) is 0 Å². The molecule has 108 valence electrons. The average molecular weight is 298 g/mol. The second-order valence-corrected chi connectivity index (χ2v) is 5.39. The SMILES string of the molecule is CC(CCC(=O)O)CNc1nc2sccn2c1[N+](=O)[O-]. The van der Waals surface area contributed by atoms with Crippen molar-refractivity contribution in [1.82, 2.24) is 9.38 Å². The van der Waals surface area contributed by atoms with Crippen LogP contribution in [0.15, 0.2) is 11.6 Å². The lowest BCUT2D eigenvalue weighted by molar-refractivity contribution is -0.389. The average Bonchev–Trinajstić information content (AvgIpc) is 2.92. The van der Waals surface area contributed by atoms with Crippen LogP contribution in [0.4, 0.5) is 11.6 Å². The van der Waals surface area contributed by atoms with Crippen LogP contribution >= 0.6 is 11.3 Å². The first kappa shape index (κ1) is 14.3. The third-order valence-electron chi connectivity index (χ3n) is 2.88. The van der Waals surface area contributed by atoms with Gasteiger partial charge in [-0.25, -0.2) is 0 Å². The van der Waals surface area contributed by atoms with E-state index in [4.69, 9.17) is 5.11 Å². The van der Waals surface area contributed by atoms with Gasteiger partial charge in [-0.1, -0.05) is 18.3 Å². The van der Waals surface area contributed by atoms with Gasteiger partial charge in [0.25, 0.3) is 4.96 Å². The lowest BCUT2D eigenvalue weighted by atomic mass is 10.1. The standard InChI is InChI=1S/C11H14N4O4S/c1-7(2-3-8(16)17)6-12-9-10(15(18)19)14-4-5-20-11(14)13-9/h4-5,7,12H,2-3,6H2,1H3,(H,16,17). The minimum absolute atomic E-state index is 0.0865. The Bertz CT molecular complexity index is 635. The molecule has 8 nitrogen and oxygen atoms in total. The molecule has 2 N–H and O–H groups in total. The molecular weight excluding hydrogens is 284 g/mol. The van der Waals surface area contributed by atoms with Crippen molar-refractivity contribution < 1.29 is 14.8 Å². The Kier molecular flexibility index (Phi) is 4.18. The number of rotatable bonds is 7. The molecular formula is C11H14N4O4S. The monoisotopic (exact) mass is 298 g/mol. The van der Waals surface area contributed by atoms with Gasteiger partial charge in [0.15, 0.2) is 0 Å². The first-order valence-corrected chi connectivity index (χ1v) is 6.92. The molecule has 2 rings (SSSR count). The van der Waals surface area contributed by atoms with Gasteiger partial charge in [0, 0.05) is 18.3 Å². The topological polar surface area (TPSA) is 110 Å². The third-order valence-corrected chi connectivity index (χ3v) is 3.64. The lowest BCUT2D eigenvalue weighted by Crippen LogP contribution is -2.13. The van der Waals surface area contributed by atoms with Gasteiger partial charge in [-0.3, -0.25) is 4.79 Å². The van der Waals surface area contributed by atoms with E-state index in [0.29, 0.717) is 17.9 Å². The Morgan fingerprint density at radius 2 is 2.45 bits per heavy atom. The number of hydrogen-bond acceptors (Lipinski definition) is 6. The molecule has 0 saturated heterocycles. The number of hydrogen-bond donors (Lipinski definition) is 2. The highest BCUT2D eigenvalue weighted by atomic mass is 32.1. The molecule has 1 atom stereocenters. The number of nitrogens with zero attached hydrogens (tertiary/aromatic N) is 3. The third kappa shape index (κ3) is 3.05. The van der Waals surface area contributed by atoms with Gasteiger partial charge in [-0.2, -0.15) is 9.38 Å². The van der Waals surface area contributed by atoms with Crippen LogP contribution in [-0.2, 0) is 4.79 Å². The van der Waals surface area contributed by atoms with Gasteiger partial charge in [-0.15, -0.1) is 0 Å². The molecule has 2 heterocycles. The van der Waals surface area contributed by atoms with Crippen LogP contribution in [0.25, 0.3) is 4.96 Å². The van der Waals surface area contributed by atoms with Crippen LogP contribution in [0.1, 0.15) is 19.8 Å². The van der Waals surface area contributed by atoms with Gasteiger partial charge >= 0.3 is 11.8 Å². The first-order valence-electron chi connectivity index (χ1n) is 6.04. The molecule has 0 bridgehead atoms. The Morgan fingerprint density at radius 1 is 1.70 bits per heavy atom. The molecule has 0 aliphatic rings. The molecule has 2 aromatic heterocycles. The fourth-order valence-electron chi connectivity index (χ4n) is 1.81. The highest BCUT2D eigenvalue weighted by Crippen LogP contribution is 2.28. The molecule has 2 aromatic rings. The molecule has 0 amide bonds. The maximum atomic E-state index is 11.1. The van der Waals surface area contributed by atoms with Crippen LogP contribution in [0.5, 0.6) is 0 Å². The molecule has 0 fully saturated rings. The number of thiazole rings is 1. The summed E-state index contributed by atoms with van der Waals surface area (Å²) in [6.45, 7) is 2.33. The zero-order valence-corrected chi connectivity index (χ0v) is 11.6. The van der Waals surface area contributed by atoms with E-state index in [1.165, 1.54) is 15.7 Å². The van der Waals surface area contributed by atoms with Crippen LogP contribution in [0.2, 0.25) is 0 Å². The minimum atomic E-state index is -0.842. The van der Waals surface area contributed by atoms with Crippen molar-refractivity contribution in [2.45, 2.75) is 19.8 Å². The molecule has 0 spiro atoms. The lowest BCUT2D eigenvalue weighted by Gasteiger charge is -2.10. The van der Waals surface area contributed by atoms with Gasteiger partial charge in [0.2, 0.25) is 5.82 Å². The molecule has 1 unspecified atom stereocenters. The fraction of sp³-hybridized carbons (Fsp3) is 0.455. The number of carbonyl (C=O) groups is 1. The first-order chi connectivity index (χ1) is 9.49. The molecule has 0 saturated carbocycles. The number of nitro groups is 1. The Morgan fingerprint density at radius 3 is 3.10 bits per heavy atom. The minimum Gasteiger partial charge on any atom is -0.481 e. The Labute approximate surface area is 118 Å². The number of aromatic nitrogens is 2. The zero-order chi connectivity index (χ0) is 14.7. The Hall–Kier alpha value is -2.16. The summed E-state index contributed by atoms with van der Waals surface area (Å²) in [7, 11) is 0. The number of anilines is 1. The quantitative estimate of drug-likeness (QED) is 0.599. The van der Waals surface area contributed by atoms with Crippen LogP contribution in [0.3, 0.4) is 0 Å². The number of aliphatic carboxylic acids is 1. The van der Waals surface area contributed by atoms with Crippen LogP contribution in [-0.4, -0.2) is 31.9 Å². The molecule has 0 radical (unpaired) electrons. The van der Waals surface area contributed by atoms with Gasteiger partial charge in [0.05, 0.1) is 0 Å². The molecule has 0 aliphatic heterocycles. The van der Waals surface area contributed by atoms with Gasteiger partial charge in [0.1, 0.15) is 6.20 Å². The second kappa shape index (κ2) is 5.87. The van der Waals surface area contributed by atoms with E-state index in [0.717, 1.165) is 0 Å². The number of carboxylic acid groups (broad SMARTS) is 1. The molecule has 0 aromatic carbocycles. The smallest absolute Gasteiger partial charge is 0.372 e. The van der Waals surface area contributed by atoms with Crippen LogP contribution < -0.4 is 5.32 Å². The normalized spacial score (nSPS) is 12.4. The van der Waals surface area contributed by atoms with E-state index >= 15 is 0 Å². The Balaban J connectivity index is 2.05. The zero-order valence-electron chi connectivity index (χ0n) is 10.8. The van der Waals surface area contributed by atoms with E-state index in [2.05, 4.69) is 10.3 Å². The highest BCUT2D eigenvalue weighted by molar-refractivity contribution is 7.15. The van der Waals surface area contributed by atoms with Crippen molar-refractivity contribution in [3.05, 3.63) is 21.7 Å². The largest absolute Gasteiger partial charge is 0.481 e. The van der Waals surface area contributed by atoms with E-state index in [1.54, 1.807) is 11.6 Å².